The van der Waals surface area contributed by atoms with Crippen LogP contribution in [0.5, 0.6) is 0 Å². The third-order valence-corrected chi connectivity index (χ3v) is 6.51. The van der Waals surface area contributed by atoms with Crippen LogP contribution in [0.25, 0.3) is 0 Å². The van der Waals surface area contributed by atoms with Crippen LogP contribution in [0.4, 0.5) is 22.0 Å². The van der Waals surface area contributed by atoms with Gasteiger partial charge in [0, 0.05) is 47.9 Å². The minimum atomic E-state index is -0.306. The van der Waals surface area contributed by atoms with E-state index in [9.17, 15) is 4.79 Å². The summed E-state index contributed by atoms with van der Waals surface area (Å²) in [6, 6.07) is 13.8. The van der Waals surface area contributed by atoms with Crippen LogP contribution < -0.4 is 16.0 Å². The number of aromatic nitrogens is 2. The summed E-state index contributed by atoms with van der Waals surface area (Å²) in [7, 11) is 2.09. The normalized spacial score (nSPS) is 20.1. The number of rotatable bonds is 6. The van der Waals surface area contributed by atoms with Crippen molar-refractivity contribution >= 4 is 29.4 Å². The predicted octanol–water partition coefficient (Wildman–Crippen LogP) is 4.44. The van der Waals surface area contributed by atoms with Crippen molar-refractivity contribution in [1.82, 2.24) is 20.2 Å². The van der Waals surface area contributed by atoms with Crippen LogP contribution in [0.3, 0.4) is 0 Å². The summed E-state index contributed by atoms with van der Waals surface area (Å²) in [5, 5.41) is 17.0. The Morgan fingerprint density at radius 3 is 2.71 bits per heavy atom. The standard InChI is InChI=1S/C26H31N7O/c1-16-7-5-6-8-21(16)25-18(3)33(4)15-23(25)31-26(34)32-24-12-19(13-27)22(14-29-24)30-20-9-10-28-17(2)11-20/h5-14,18,23,25,27H,15H2,1-4H3,(H,28,30)(H2,29,31,32,34)/t18-,23-,25+/m1/s1. The van der Waals surface area contributed by atoms with Gasteiger partial charge in [-0.1, -0.05) is 24.3 Å². The molecule has 8 nitrogen and oxygen atoms in total. The van der Waals surface area contributed by atoms with E-state index in [1.165, 1.54) is 17.3 Å². The van der Waals surface area contributed by atoms with E-state index in [0.717, 1.165) is 17.9 Å². The predicted molar refractivity (Wildman–Crippen MR) is 136 cm³/mol. The molecule has 4 rings (SSSR count). The molecule has 0 bridgehead atoms. The first-order valence-corrected chi connectivity index (χ1v) is 11.4. The molecule has 0 unspecified atom stereocenters. The summed E-state index contributed by atoms with van der Waals surface area (Å²) >= 11 is 0. The zero-order valence-corrected chi connectivity index (χ0v) is 20.0. The second-order valence-corrected chi connectivity index (χ2v) is 8.88. The lowest BCUT2D eigenvalue weighted by Crippen LogP contribution is -2.42. The first-order valence-electron chi connectivity index (χ1n) is 11.4. The molecular formula is C26H31N7O. The molecule has 0 radical (unpaired) electrons. The second kappa shape index (κ2) is 10.0. The number of likely N-dealkylation sites (N-methyl/N-ethyl adjacent to an activating group) is 1. The average Bonchev–Trinajstić information content (AvgIpc) is 3.07. The molecule has 3 aromatic rings. The number of likely N-dealkylation sites (tertiary alicyclic amines) is 1. The van der Waals surface area contributed by atoms with Crippen LogP contribution in [0.15, 0.2) is 54.9 Å². The fourth-order valence-electron chi connectivity index (χ4n) is 4.64. The fourth-order valence-corrected chi connectivity index (χ4v) is 4.64. The van der Waals surface area contributed by atoms with Gasteiger partial charge in [-0.2, -0.15) is 0 Å². The molecule has 0 saturated carbocycles. The zero-order valence-electron chi connectivity index (χ0n) is 20.0. The van der Waals surface area contributed by atoms with E-state index >= 15 is 0 Å². The summed E-state index contributed by atoms with van der Waals surface area (Å²) < 4.78 is 0. The molecule has 1 fully saturated rings. The third kappa shape index (κ3) is 5.07. The summed E-state index contributed by atoms with van der Waals surface area (Å²) in [5.41, 5.74) is 5.53. The number of anilines is 3. The van der Waals surface area contributed by atoms with Crippen molar-refractivity contribution in [3.05, 3.63) is 77.2 Å². The molecule has 1 aromatic carbocycles. The van der Waals surface area contributed by atoms with Crippen LogP contribution in [0.2, 0.25) is 0 Å². The van der Waals surface area contributed by atoms with E-state index < -0.39 is 0 Å². The maximum Gasteiger partial charge on any atom is 0.320 e. The molecule has 2 amide bonds. The Morgan fingerprint density at radius 2 is 1.97 bits per heavy atom. The largest absolute Gasteiger partial charge is 0.354 e. The van der Waals surface area contributed by atoms with Crippen molar-refractivity contribution < 1.29 is 4.79 Å². The van der Waals surface area contributed by atoms with Crippen LogP contribution in [-0.4, -0.2) is 52.8 Å². The quantitative estimate of drug-likeness (QED) is 0.410. The Labute approximate surface area is 200 Å². The topological polar surface area (TPSA) is 106 Å². The summed E-state index contributed by atoms with van der Waals surface area (Å²) in [6.07, 6.45) is 4.58. The van der Waals surface area contributed by atoms with E-state index in [4.69, 9.17) is 5.41 Å². The zero-order chi connectivity index (χ0) is 24.2. The van der Waals surface area contributed by atoms with Gasteiger partial charge in [0.05, 0.1) is 17.9 Å². The number of hydrogen-bond donors (Lipinski definition) is 4. The van der Waals surface area contributed by atoms with Gasteiger partial charge in [0.2, 0.25) is 0 Å². The summed E-state index contributed by atoms with van der Waals surface area (Å²) in [5.74, 6) is 0.580. The molecule has 1 saturated heterocycles. The van der Waals surface area contributed by atoms with Crippen molar-refractivity contribution in [2.75, 3.05) is 24.2 Å². The highest BCUT2D eigenvalue weighted by molar-refractivity contribution is 5.92. The van der Waals surface area contributed by atoms with Crippen molar-refractivity contribution in [3.63, 3.8) is 0 Å². The lowest BCUT2D eigenvalue weighted by atomic mass is 9.86. The summed E-state index contributed by atoms with van der Waals surface area (Å²) in [6.45, 7) is 6.99. The van der Waals surface area contributed by atoms with Crippen LogP contribution in [-0.2, 0) is 0 Å². The molecule has 176 valence electrons. The van der Waals surface area contributed by atoms with E-state index in [0.29, 0.717) is 23.1 Å². The number of nitrogens with one attached hydrogen (secondary N) is 4. The van der Waals surface area contributed by atoms with Crippen molar-refractivity contribution in [1.29, 1.82) is 5.41 Å². The minimum absolute atomic E-state index is 0.0285. The van der Waals surface area contributed by atoms with E-state index in [1.54, 1.807) is 18.5 Å². The number of benzene rings is 1. The van der Waals surface area contributed by atoms with Gasteiger partial charge in [0.25, 0.3) is 0 Å². The molecule has 3 atom stereocenters. The molecule has 34 heavy (non-hydrogen) atoms. The first kappa shape index (κ1) is 23.4. The molecule has 2 aromatic heterocycles. The number of amides is 2. The fraction of sp³-hybridized carbons (Fsp3) is 0.308. The number of urea groups is 1. The number of nitrogens with zero attached hydrogens (tertiary/aromatic N) is 3. The highest BCUT2D eigenvalue weighted by atomic mass is 16.2. The highest BCUT2D eigenvalue weighted by Crippen LogP contribution is 2.34. The van der Waals surface area contributed by atoms with Crippen molar-refractivity contribution in [2.24, 2.45) is 0 Å². The smallest absolute Gasteiger partial charge is 0.320 e. The number of hydrogen-bond acceptors (Lipinski definition) is 6. The number of carbonyl (C=O) groups is 1. The molecule has 1 aliphatic rings. The van der Waals surface area contributed by atoms with Crippen LogP contribution >= 0.6 is 0 Å². The van der Waals surface area contributed by atoms with Gasteiger partial charge >= 0.3 is 6.03 Å². The number of carbonyl (C=O) groups excluding carboxylic acids is 1. The third-order valence-electron chi connectivity index (χ3n) is 6.51. The Morgan fingerprint density at radius 1 is 1.18 bits per heavy atom. The SMILES string of the molecule is Cc1cc(Nc2cnc(NC(=O)N[C@@H]3CN(C)[C@H](C)[C@H]3c3ccccc3C)cc2C=N)ccn1. The molecular weight excluding hydrogens is 426 g/mol. The minimum Gasteiger partial charge on any atom is -0.354 e. The molecule has 1 aliphatic heterocycles. The second-order valence-electron chi connectivity index (χ2n) is 8.88. The first-order chi connectivity index (χ1) is 16.4. The number of pyridine rings is 2. The summed E-state index contributed by atoms with van der Waals surface area (Å²) in [4.78, 5) is 23.7. The molecule has 0 aliphatic carbocycles. The van der Waals surface area contributed by atoms with E-state index in [1.807, 2.05) is 25.1 Å². The van der Waals surface area contributed by atoms with Gasteiger partial charge in [-0.05, 0) is 57.1 Å². The van der Waals surface area contributed by atoms with Crippen molar-refractivity contribution in [3.8, 4) is 0 Å². The highest BCUT2D eigenvalue weighted by Gasteiger charge is 2.39. The number of aryl methyl sites for hydroxylation is 2. The molecule has 0 spiro atoms. The Balaban J connectivity index is 1.47. The Bertz CT molecular complexity index is 1200. The van der Waals surface area contributed by atoms with Gasteiger partial charge in [-0.15, -0.1) is 0 Å². The molecule has 3 heterocycles. The Kier molecular flexibility index (Phi) is 6.88. The lowest BCUT2D eigenvalue weighted by Gasteiger charge is -2.25. The van der Waals surface area contributed by atoms with Crippen LogP contribution in [0.1, 0.15) is 35.2 Å². The molecule has 8 heteroatoms. The van der Waals surface area contributed by atoms with Crippen molar-refractivity contribution in [2.45, 2.75) is 38.8 Å². The average molecular weight is 458 g/mol. The monoisotopic (exact) mass is 457 g/mol. The van der Waals surface area contributed by atoms with Gasteiger partial charge in [0.15, 0.2) is 0 Å². The van der Waals surface area contributed by atoms with Gasteiger partial charge in [-0.3, -0.25) is 10.3 Å². The maximum absolute atomic E-state index is 12.9. The lowest BCUT2D eigenvalue weighted by molar-refractivity contribution is 0.247. The van der Waals surface area contributed by atoms with E-state index in [-0.39, 0.29) is 18.0 Å². The maximum atomic E-state index is 12.9. The van der Waals surface area contributed by atoms with Gasteiger partial charge in [-0.25, -0.2) is 9.78 Å². The van der Waals surface area contributed by atoms with Gasteiger partial charge in [0.1, 0.15) is 5.82 Å². The van der Waals surface area contributed by atoms with E-state index in [2.05, 4.69) is 69.9 Å². The molecule has 4 N–H and O–H groups in total. The van der Waals surface area contributed by atoms with Gasteiger partial charge < -0.3 is 20.9 Å². The Hall–Kier alpha value is -3.78. The van der Waals surface area contributed by atoms with Crippen LogP contribution in [0, 0.1) is 19.3 Å².